The first-order valence-electron chi connectivity index (χ1n) is 4.01. The molecule has 1 N–H and O–H groups in total. The summed E-state index contributed by atoms with van der Waals surface area (Å²) in [6, 6.07) is 0. The summed E-state index contributed by atoms with van der Waals surface area (Å²) in [6.07, 6.45) is 0. The Hall–Kier alpha value is -0.130. The van der Waals surface area contributed by atoms with Gasteiger partial charge >= 0.3 is 0 Å². The van der Waals surface area contributed by atoms with Crippen molar-refractivity contribution in [3.8, 4) is 0 Å². The van der Waals surface area contributed by atoms with Crippen LogP contribution in [0, 0.1) is 7.05 Å². The van der Waals surface area contributed by atoms with Crippen molar-refractivity contribution in [3.63, 3.8) is 0 Å². The van der Waals surface area contributed by atoms with Gasteiger partial charge in [-0.2, -0.15) is 0 Å². The van der Waals surface area contributed by atoms with Crippen LogP contribution in [0.5, 0.6) is 0 Å². The molecule has 0 spiro atoms. The highest BCUT2D eigenvalue weighted by atomic mass is 32.2. The third kappa shape index (κ3) is 3.51. The van der Waals surface area contributed by atoms with Gasteiger partial charge in [0.15, 0.2) is 5.88 Å². The Morgan fingerprint density at radius 2 is 1.75 bits per heavy atom. The smallest absolute Gasteiger partial charge is 0.260 e. The van der Waals surface area contributed by atoms with E-state index in [-0.39, 0.29) is 5.88 Å². The molecule has 0 aliphatic rings. The highest BCUT2D eigenvalue weighted by Gasteiger charge is 2.19. The number of hydrogen-bond acceptors (Lipinski definition) is 2. The van der Waals surface area contributed by atoms with Gasteiger partial charge in [-0.15, -0.1) is 7.05 Å². The van der Waals surface area contributed by atoms with E-state index in [1.165, 1.54) is 7.05 Å². The summed E-state index contributed by atoms with van der Waals surface area (Å²) < 4.78 is 24.9. The Balaban J connectivity index is 4.42. The standard InChI is InChI=1S/C7H18N2O2S/c1-5-9(4,6-2)7-12(10,11)8-3/h8H,4-7H2,1-3H3. The van der Waals surface area contributed by atoms with Crippen LogP contribution >= 0.6 is 0 Å². The summed E-state index contributed by atoms with van der Waals surface area (Å²) in [5, 5.41) is 0. The van der Waals surface area contributed by atoms with Crippen molar-refractivity contribution in [2.45, 2.75) is 13.8 Å². The van der Waals surface area contributed by atoms with E-state index in [0.29, 0.717) is 4.48 Å². The highest BCUT2D eigenvalue weighted by molar-refractivity contribution is 7.89. The molecule has 0 radical (unpaired) electrons. The number of sulfonamides is 1. The molecule has 0 amide bonds. The summed E-state index contributed by atoms with van der Waals surface area (Å²) in [5.74, 6) is 0.0521. The van der Waals surface area contributed by atoms with Crippen molar-refractivity contribution in [1.82, 2.24) is 4.72 Å². The van der Waals surface area contributed by atoms with E-state index in [4.69, 9.17) is 0 Å². The third-order valence-corrected chi connectivity index (χ3v) is 3.61. The second kappa shape index (κ2) is 4.20. The van der Waals surface area contributed by atoms with Crippen LogP contribution in [0.3, 0.4) is 0 Å². The van der Waals surface area contributed by atoms with Crippen LogP contribution in [0.2, 0.25) is 0 Å². The van der Waals surface area contributed by atoms with Crippen LogP contribution in [0.1, 0.15) is 13.8 Å². The van der Waals surface area contributed by atoms with Gasteiger partial charge in [0.05, 0.1) is 13.1 Å². The molecule has 5 heteroatoms. The topological polar surface area (TPSA) is 46.2 Å². The maximum absolute atomic E-state index is 11.2. The molecule has 0 aromatic carbocycles. The lowest BCUT2D eigenvalue weighted by atomic mass is 10.5. The molecule has 0 atom stereocenters. The minimum Gasteiger partial charge on any atom is -0.444 e. The molecule has 74 valence electrons. The molecular weight excluding hydrogens is 176 g/mol. The van der Waals surface area contributed by atoms with Crippen molar-refractivity contribution in [1.29, 1.82) is 0 Å². The van der Waals surface area contributed by atoms with Crippen molar-refractivity contribution in [2.75, 3.05) is 26.0 Å². The Labute approximate surface area is 75.2 Å². The lowest BCUT2D eigenvalue weighted by Gasteiger charge is -2.39. The minimum atomic E-state index is -3.14. The molecule has 0 rings (SSSR count). The monoisotopic (exact) mass is 194 g/mol. The average Bonchev–Trinajstić information content (AvgIpc) is 2.04. The summed E-state index contributed by atoms with van der Waals surface area (Å²) >= 11 is 0. The molecule has 0 aliphatic heterocycles. The number of quaternary nitrogens is 1. The van der Waals surface area contributed by atoms with Crippen LogP contribution < -0.4 is 4.72 Å². The van der Waals surface area contributed by atoms with Crippen LogP contribution in [0.4, 0.5) is 0 Å². The zero-order chi connectivity index (χ0) is 9.83. The first kappa shape index (κ1) is 11.9. The van der Waals surface area contributed by atoms with Crippen LogP contribution in [-0.4, -0.2) is 38.9 Å². The fraction of sp³-hybridized carbons (Fsp3) is 0.857. The van der Waals surface area contributed by atoms with E-state index in [2.05, 4.69) is 11.8 Å². The molecule has 0 heterocycles. The van der Waals surface area contributed by atoms with Crippen LogP contribution in [0.25, 0.3) is 0 Å². The normalized spacial score (nSPS) is 13.3. The highest BCUT2D eigenvalue weighted by Crippen LogP contribution is 2.05. The summed E-state index contributed by atoms with van der Waals surface area (Å²) in [7, 11) is 2.14. The third-order valence-electron chi connectivity index (χ3n) is 2.10. The van der Waals surface area contributed by atoms with E-state index < -0.39 is 10.0 Å². The fourth-order valence-electron chi connectivity index (χ4n) is 0.831. The Morgan fingerprint density at radius 1 is 1.33 bits per heavy atom. The van der Waals surface area contributed by atoms with Gasteiger partial charge in [0.1, 0.15) is 0 Å². The van der Waals surface area contributed by atoms with E-state index in [9.17, 15) is 8.42 Å². The molecular formula is C7H18N2O2S. The zero-order valence-electron chi connectivity index (χ0n) is 8.00. The van der Waals surface area contributed by atoms with Crippen LogP contribution in [-0.2, 0) is 10.0 Å². The molecule has 0 aromatic heterocycles. The fourth-order valence-corrected chi connectivity index (χ4v) is 2.05. The second-order valence-electron chi connectivity index (χ2n) is 2.92. The number of nitrogens with zero attached hydrogens (tertiary/aromatic N) is 1. The predicted molar refractivity (Wildman–Crippen MR) is 49.5 cm³/mol. The maximum Gasteiger partial charge on any atom is 0.260 e. The molecule has 0 aliphatic carbocycles. The maximum atomic E-state index is 11.2. The first-order chi connectivity index (χ1) is 5.39. The lowest BCUT2D eigenvalue weighted by Crippen LogP contribution is -2.47. The molecule has 0 saturated heterocycles. The summed E-state index contributed by atoms with van der Waals surface area (Å²) in [5.41, 5.74) is 0. The Kier molecular flexibility index (Phi) is 4.16. The molecule has 4 nitrogen and oxygen atoms in total. The van der Waals surface area contributed by atoms with E-state index in [1.54, 1.807) is 0 Å². The van der Waals surface area contributed by atoms with E-state index >= 15 is 0 Å². The Morgan fingerprint density at radius 3 is 2.00 bits per heavy atom. The van der Waals surface area contributed by atoms with Crippen LogP contribution in [0.15, 0.2) is 0 Å². The molecule has 0 bridgehead atoms. The second-order valence-corrected chi connectivity index (χ2v) is 4.82. The Bertz CT molecular complexity index is 220. The van der Waals surface area contributed by atoms with Gasteiger partial charge in [0.25, 0.3) is 10.0 Å². The molecule has 0 unspecified atom stereocenters. The molecule has 12 heavy (non-hydrogen) atoms. The molecule has 0 saturated carbocycles. The quantitative estimate of drug-likeness (QED) is 0.500. The summed E-state index contributed by atoms with van der Waals surface area (Å²) in [4.78, 5) is 0. The van der Waals surface area contributed by atoms with Crippen molar-refractivity contribution in [2.24, 2.45) is 0 Å². The largest absolute Gasteiger partial charge is 0.444 e. The number of nitrogens with one attached hydrogen (secondary N) is 1. The predicted octanol–water partition coefficient (Wildman–Crippen LogP) is 0.141. The van der Waals surface area contributed by atoms with Gasteiger partial charge in [-0.3, -0.25) is 0 Å². The number of rotatable bonds is 5. The van der Waals surface area contributed by atoms with Gasteiger partial charge in [0.2, 0.25) is 0 Å². The van der Waals surface area contributed by atoms with E-state index in [0.717, 1.165) is 13.1 Å². The molecule has 0 fully saturated rings. The van der Waals surface area contributed by atoms with Gasteiger partial charge in [-0.1, -0.05) is 0 Å². The van der Waals surface area contributed by atoms with Gasteiger partial charge < -0.3 is 4.48 Å². The number of hydrogen-bond donors (Lipinski definition) is 1. The van der Waals surface area contributed by atoms with Crippen molar-refractivity contribution in [3.05, 3.63) is 7.05 Å². The van der Waals surface area contributed by atoms with Crippen molar-refractivity contribution >= 4 is 10.0 Å². The minimum absolute atomic E-state index is 0.0521. The lowest BCUT2D eigenvalue weighted by molar-refractivity contribution is -0.870. The molecule has 0 aromatic rings. The SMILES string of the molecule is [CH2-][N+](CC)(CC)CS(=O)(=O)NC. The van der Waals surface area contributed by atoms with Crippen molar-refractivity contribution < 1.29 is 12.9 Å². The summed E-state index contributed by atoms with van der Waals surface area (Å²) in [6.45, 7) is 5.30. The van der Waals surface area contributed by atoms with Gasteiger partial charge in [-0.25, -0.2) is 13.1 Å². The van der Waals surface area contributed by atoms with Gasteiger partial charge in [-0.05, 0) is 20.9 Å². The average molecular weight is 194 g/mol. The van der Waals surface area contributed by atoms with E-state index in [1.807, 2.05) is 13.8 Å². The van der Waals surface area contributed by atoms with Gasteiger partial charge in [0, 0.05) is 0 Å². The first-order valence-corrected chi connectivity index (χ1v) is 5.66. The zero-order valence-corrected chi connectivity index (χ0v) is 8.82.